The van der Waals surface area contributed by atoms with Crippen LogP contribution in [0, 0.1) is 5.92 Å². The first-order valence-corrected chi connectivity index (χ1v) is 6.24. The lowest BCUT2D eigenvalue weighted by molar-refractivity contribution is -0.137. The van der Waals surface area contributed by atoms with Gasteiger partial charge in [-0.25, -0.2) is 0 Å². The van der Waals surface area contributed by atoms with Gasteiger partial charge >= 0.3 is 6.18 Å². The monoisotopic (exact) mass is 271 g/mol. The van der Waals surface area contributed by atoms with Crippen molar-refractivity contribution < 1.29 is 18.0 Å². The van der Waals surface area contributed by atoms with Gasteiger partial charge in [0.05, 0.1) is 11.6 Å². The van der Waals surface area contributed by atoms with Crippen LogP contribution in [0.1, 0.15) is 48.3 Å². The zero-order chi connectivity index (χ0) is 14.4. The summed E-state index contributed by atoms with van der Waals surface area (Å²) >= 11 is 0. The molecule has 2 nitrogen and oxygen atoms in total. The molecule has 19 heavy (non-hydrogen) atoms. The third-order valence-corrected chi connectivity index (χ3v) is 3.35. The maximum Gasteiger partial charge on any atom is 0.416 e. The summed E-state index contributed by atoms with van der Waals surface area (Å²) in [6, 6.07) is 3.06. The Morgan fingerprint density at radius 2 is 1.95 bits per heavy atom. The Labute approximate surface area is 110 Å². The zero-order valence-electron chi connectivity index (χ0n) is 11.1. The molecule has 1 unspecified atom stereocenters. The molecule has 2 rings (SSSR count). The summed E-state index contributed by atoms with van der Waals surface area (Å²) in [6.07, 6.45) is -4.37. The molecule has 0 spiro atoms. The summed E-state index contributed by atoms with van der Waals surface area (Å²) in [4.78, 5) is 13.8. The van der Waals surface area contributed by atoms with Gasteiger partial charge in [-0.2, -0.15) is 13.2 Å². The summed E-state index contributed by atoms with van der Waals surface area (Å²) in [7, 11) is 0. The summed E-state index contributed by atoms with van der Waals surface area (Å²) < 4.78 is 38.1. The Morgan fingerprint density at radius 3 is 2.47 bits per heavy atom. The van der Waals surface area contributed by atoms with Gasteiger partial charge in [-0.15, -0.1) is 0 Å². The number of nitrogens with zero attached hydrogens (tertiary/aromatic N) is 1. The maximum absolute atomic E-state index is 12.7. The van der Waals surface area contributed by atoms with E-state index in [0.29, 0.717) is 17.7 Å². The van der Waals surface area contributed by atoms with Crippen molar-refractivity contribution in [2.24, 2.45) is 5.92 Å². The van der Waals surface area contributed by atoms with Crippen molar-refractivity contribution in [1.29, 1.82) is 0 Å². The van der Waals surface area contributed by atoms with E-state index in [4.69, 9.17) is 0 Å². The second kappa shape index (κ2) is 4.54. The highest BCUT2D eigenvalue weighted by Gasteiger charge is 2.37. The van der Waals surface area contributed by atoms with Crippen LogP contribution in [0.2, 0.25) is 0 Å². The molecular weight excluding hydrogens is 255 g/mol. The minimum absolute atomic E-state index is 0.176. The number of carbonyl (C=O) groups is 1. The Bertz CT molecular complexity index is 508. The standard InChI is InChI=1S/C14H16F3NO/c1-8(2)7-18-9(3)12-6-10(14(15,16)17)4-5-11(12)13(18)19/h4-6,8-9H,7H2,1-3H3. The molecule has 0 aromatic heterocycles. The molecule has 104 valence electrons. The van der Waals surface area contributed by atoms with Crippen LogP contribution in [0.25, 0.3) is 0 Å². The fraction of sp³-hybridized carbons (Fsp3) is 0.500. The van der Waals surface area contributed by atoms with Crippen LogP contribution >= 0.6 is 0 Å². The molecule has 0 N–H and O–H groups in total. The summed E-state index contributed by atoms with van der Waals surface area (Å²) in [5.41, 5.74) is 0.166. The molecule has 0 saturated carbocycles. The van der Waals surface area contributed by atoms with Gasteiger partial charge in [0, 0.05) is 12.1 Å². The van der Waals surface area contributed by atoms with Crippen molar-refractivity contribution in [2.45, 2.75) is 33.0 Å². The normalized spacial score (nSPS) is 19.2. The largest absolute Gasteiger partial charge is 0.416 e. The quantitative estimate of drug-likeness (QED) is 0.799. The molecule has 1 aliphatic heterocycles. The lowest BCUT2D eigenvalue weighted by Gasteiger charge is -2.24. The van der Waals surface area contributed by atoms with Crippen molar-refractivity contribution in [1.82, 2.24) is 4.90 Å². The number of rotatable bonds is 2. The molecule has 1 atom stereocenters. The number of alkyl halides is 3. The number of hydrogen-bond donors (Lipinski definition) is 0. The van der Waals surface area contributed by atoms with E-state index in [9.17, 15) is 18.0 Å². The van der Waals surface area contributed by atoms with Gasteiger partial charge in [-0.1, -0.05) is 13.8 Å². The van der Waals surface area contributed by atoms with Crippen molar-refractivity contribution in [3.05, 3.63) is 34.9 Å². The second-order valence-corrected chi connectivity index (χ2v) is 5.33. The van der Waals surface area contributed by atoms with Crippen LogP contribution in [0.15, 0.2) is 18.2 Å². The number of fused-ring (bicyclic) bond motifs is 1. The summed E-state index contributed by atoms with van der Waals surface area (Å²) in [5, 5.41) is 0. The molecular formula is C14H16F3NO. The van der Waals surface area contributed by atoms with Gasteiger partial charge in [0.25, 0.3) is 5.91 Å². The second-order valence-electron chi connectivity index (χ2n) is 5.33. The summed E-state index contributed by atoms with van der Waals surface area (Å²) in [5.74, 6) is 0.104. The van der Waals surface area contributed by atoms with Gasteiger partial charge in [0.2, 0.25) is 0 Å². The summed E-state index contributed by atoms with van der Waals surface area (Å²) in [6.45, 7) is 6.27. The van der Waals surface area contributed by atoms with Gasteiger partial charge in [-0.3, -0.25) is 4.79 Å². The number of benzene rings is 1. The molecule has 0 bridgehead atoms. The lowest BCUT2D eigenvalue weighted by Crippen LogP contribution is -2.30. The predicted molar refractivity (Wildman–Crippen MR) is 65.7 cm³/mol. The van der Waals surface area contributed by atoms with Crippen LogP contribution < -0.4 is 0 Å². The Balaban J connectivity index is 2.40. The number of amides is 1. The highest BCUT2D eigenvalue weighted by Crippen LogP contribution is 2.38. The maximum atomic E-state index is 12.7. The fourth-order valence-corrected chi connectivity index (χ4v) is 2.41. The Hall–Kier alpha value is -1.52. The zero-order valence-corrected chi connectivity index (χ0v) is 11.1. The number of hydrogen-bond acceptors (Lipinski definition) is 1. The van der Waals surface area contributed by atoms with Gasteiger partial charge in [0.1, 0.15) is 0 Å². The Morgan fingerprint density at radius 1 is 1.32 bits per heavy atom. The molecule has 0 fully saturated rings. The van der Waals surface area contributed by atoms with E-state index in [1.807, 2.05) is 13.8 Å². The highest BCUT2D eigenvalue weighted by molar-refractivity contribution is 5.99. The van der Waals surface area contributed by atoms with Gasteiger partial charge in [-0.05, 0) is 36.6 Å². The number of halogens is 3. The van der Waals surface area contributed by atoms with Crippen molar-refractivity contribution in [3.63, 3.8) is 0 Å². The van der Waals surface area contributed by atoms with Crippen LogP contribution in [0.3, 0.4) is 0 Å². The molecule has 1 heterocycles. The molecule has 5 heteroatoms. The third-order valence-electron chi connectivity index (χ3n) is 3.35. The SMILES string of the molecule is CC(C)CN1C(=O)c2ccc(C(F)(F)F)cc2C1C. The minimum atomic E-state index is -4.37. The van der Waals surface area contributed by atoms with E-state index < -0.39 is 11.7 Å². The van der Waals surface area contributed by atoms with Gasteiger partial charge in [0.15, 0.2) is 0 Å². The fourth-order valence-electron chi connectivity index (χ4n) is 2.41. The topological polar surface area (TPSA) is 20.3 Å². The van der Waals surface area contributed by atoms with Crippen LogP contribution in [-0.2, 0) is 6.18 Å². The molecule has 0 saturated heterocycles. The molecule has 1 aliphatic rings. The molecule has 1 aromatic rings. The molecule has 0 radical (unpaired) electrons. The first-order valence-electron chi connectivity index (χ1n) is 6.24. The van der Waals surface area contributed by atoms with E-state index in [2.05, 4.69) is 0 Å². The van der Waals surface area contributed by atoms with Crippen LogP contribution in [0.4, 0.5) is 13.2 Å². The first kappa shape index (κ1) is 13.9. The third kappa shape index (κ3) is 2.46. The average molecular weight is 271 g/mol. The first-order chi connectivity index (χ1) is 8.71. The van der Waals surface area contributed by atoms with Crippen molar-refractivity contribution in [3.8, 4) is 0 Å². The van der Waals surface area contributed by atoms with Gasteiger partial charge < -0.3 is 4.90 Å². The minimum Gasteiger partial charge on any atom is -0.332 e. The van der Waals surface area contributed by atoms with E-state index in [1.54, 1.807) is 11.8 Å². The van der Waals surface area contributed by atoms with Crippen LogP contribution in [0.5, 0.6) is 0 Å². The van der Waals surface area contributed by atoms with Crippen molar-refractivity contribution in [2.75, 3.05) is 6.54 Å². The van der Waals surface area contributed by atoms with E-state index in [1.165, 1.54) is 6.07 Å². The smallest absolute Gasteiger partial charge is 0.332 e. The highest BCUT2D eigenvalue weighted by atomic mass is 19.4. The molecule has 1 aromatic carbocycles. The Kier molecular flexibility index (Phi) is 3.32. The number of carbonyl (C=O) groups excluding carboxylic acids is 1. The predicted octanol–water partition coefficient (Wildman–Crippen LogP) is 3.88. The van der Waals surface area contributed by atoms with E-state index >= 15 is 0 Å². The van der Waals surface area contributed by atoms with E-state index in [0.717, 1.165) is 12.1 Å². The average Bonchev–Trinajstić information content (AvgIpc) is 2.53. The van der Waals surface area contributed by atoms with Crippen LogP contribution in [-0.4, -0.2) is 17.4 Å². The lowest BCUT2D eigenvalue weighted by atomic mass is 10.0. The van der Waals surface area contributed by atoms with Crippen molar-refractivity contribution >= 4 is 5.91 Å². The van der Waals surface area contributed by atoms with E-state index in [-0.39, 0.29) is 17.9 Å². The molecule has 1 amide bonds. The molecule has 0 aliphatic carbocycles.